The summed E-state index contributed by atoms with van der Waals surface area (Å²) in [6.45, 7) is 8.87. The van der Waals surface area contributed by atoms with E-state index >= 15 is 0 Å². The lowest BCUT2D eigenvalue weighted by Gasteiger charge is -2.08. The summed E-state index contributed by atoms with van der Waals surface area (Å²) in [5.41, 5.74) is 0. The van der Waals surface area contributed by atoms with Gasteiger partial charge in [0.1, 0.15) is 0 Å². The molecule has 4 nitrogen and oxygen atoms in total. The summed E-state index contributed by atoms with van der Waals surface area (Å²) in [4.78, 5) is 0. The van der Waals surface area contributed by atoms with Crippen molar-refractivity contribution in [1.29, 1.82) is 0 Å². The molecule has 0 bridgehead atoms. The third-order valence-electron chi connectivity index (χ3n) is 2.07. The van der Waals surface area contributed by atoms with Gasteiger partial charge in [-0.15, -0.1) is 0 Å². The molecule has 1 N–H and O–H groups in total. The van der Waals surface area contributed by atoms with Gasteiger partial charge < -0.3 is 19.5 Å². The minimum Gasteiger partial charge on any atom is -0.382 e. The van der Waals surface area contributed by atoms with Crippen LogP contribution in [0.5, 0.6) is 0 Å². The number of hydrogen-bond donors (Lipinski definition) is 1. The van der Waals surface area contributed by atoms with Gasteiger partial charge in [0.2, 0.25) is 0 Å². The Morgan fingerprint density at radius 2 is 1.50 bits per heavy atom. The largest absolute Gasteiger partial charge is 0.382 e. The van der Waals surface area contributed by atoms with Gasteiger partial charge in [0.25, 0.3) is 0 Å². The van der Waals surface area contributed by atoms with Crippen LogP contribution in [-0.2, 0) is 14.2 Å². The fourth-order valence-electron chi connectivity index (χ4n) is 1.18. The first kappa shape index (κ1) is 15.8. The van der Waals surface area contributed by atoms with Gasteiger partial charge in [0.15, 0.2) is 0 Å². The fraction of sp³-hybridized carbons (Fsp3) is 1.00. The van der Waals surface area contributed by atoms with E-state index in [0.717, 1.165) is 19.6 Å². The Balaban J connectivity index is 2.88. The zero-order valence-corrected chi connectivity index (χ0v) is 11.0. The van der Waals surface area contributed by atoms with Gasteiger partial charge in [-0.25, -0.2) is 0 Å². The molecule has 0 saturated heterocycles. The smallest absolute Gasteiger partial charge is 0.0701 e. The SMILES string of the molecule is COCCOCCOCCCCNC(C)C. The molecule has 0 fully saturated rings. The molecule has 0 rings (SSSR count). The second kappa shape index (κ2) is 12.9. The Labute approximate surface area is 99.6 Å². The van der Waals surface area contributed by atoms with E-state index in [9.17, 15) is 0 Å². The van der Waals surface area contributed by atoms with Crippen molar-refractivity contribution in [3.63, 3.8) is 0 Å². The minimum absolute atomic E-state index is 0.579. The molecule has 98 valence electrons. The lowest BCUT2D eigenvalue weighted by Crippen LogP contribution is -2.23. The highest BCUT2D eigenvalue weighted by Gasteiger charge is 1.93. The second-order valence-corrected chi connectivity index (χ2v) is 4.03. The molecule has 0 spiro atoms. The average molecular weight is 233 g/mol. The molecule has 0 unspecified atom stereocenters. The third-order valence-corrected chi connectivity index (χ3v) is 2.07. The summed E-state index contributed by atoms with van der Waals surface area (Å²) in [7, 11) is 1.67. The zero-order chi connectivity index (χ0) is 12.1. The molecule has 0 aliphatic rings. The van der Waals surface area contributed by atoms with Gasteiger partial charge in [-0.1, -0.05) is 13.8 Å². The Morgan fingerprint density at radius 1 is 0.875 bits per heavy atom. The normalized spacial score (nSPS) is 11.2. The lowest BCUT2D eigenvalue weighted by molar-refractivity contribution is 0.0240. The van der Waals surface area contributed by atoms with Crippen LogP contribution in [0.4, 0.5) is 0 Å². The molecule has 0 aliphatic carbocycles. The molecule has 16 heavy (non-hydrogen) atoms. The van der Waals surface area contributed by atoms with Crippen molar-refractivity contribution in [2.75, 3.05) is 46.7 Å². The zero-order valence-electron chi connectivity index (χ0n) is 11.0. The number of hydrogen-bond acceptors (Lipinski definition) is 4. The molecule has 0 amide bonds. The highest BCUT2D eigenvalue weighted by atomic mass is 16.5. The van der Waals surface area contributed by atoms with E-state index in [1.54, 1.807) is 7.11 Å². The molecular weight excluding hydrogens is 206 g/mol. The molecule has 0 aromatic carbocycles. The maximum Gasteiger partial charge on any atom is 0.0701 e. The third kappa shape index (κ3) is 13.8. The minimum atomic E-state index is 0.579. The van der Waals surface area contributed by atoms with Gasteiger partial charge in [-0.3, -0.25) is 0 Å². The van der Waals surface area contributed by atoms with Crippen LogP contribution < -0.4 is 5.32 Å². The van der Waals surface area contributed by atoms with Crippen LogP contribution in [0.2, 0.25) is 0 Å². The molecule has 0 aromatic heterocycles. The molecule has 0 radical (unpaired) electrons. The second-order valence-electron chi connectivity index (χ2n) is 4.03. The Morgan fingerprint density at radius 3 is 2.12 bits per heavy atom. The van der Waals surface area contributed by atoms with Gasteiger partial charge in [0.05, 0.1) is 26.4 Å². The predicted molar refractivity (Wildman–Crippen MR) is 65.9 cm³/mol. The fourth-order valence-corrected chi connectivity index (χ4v) is 1.18. The van der Waals surface area contributed by atoms with Crippen LogP contribution in [0, 0.1) is 0 Å². The molecule has 0 aliphatic heterocycles. The van der Waals surface area contributed by atoms with Crippen LogP contribution in [0.25, 0.3) is 0 Å². The summed E-state index contributed by atoms with van der Waals surface area (Å²) in [5.74, 6) is 0. The predicted octanol–water partition coefficient (Wildman–Crippen LogP) is 1.44. The summed E-state index contributed by atoms with van der Waals surface area (Å²) in [5, 5.41) is 3.38. The van der Waals surface area contributed by atoms with E-state index in [2.05, 4.69) is 19.2 Å². The first-order valence-electron chi connectivity index (χ1n) is 6.15. The monoisotopic (exact) mass is 233 g/mol. The van der Waals surface area contributed by atoms with E-state index in [1.807, 2.05) is 0 Å². The highest BCUT2D eigenvalue weighted by molar-refractivity contribution is 4.52. The van der Waals surface area contributed by atoms with Crippen molar-refractivity contribution < 1.29 is 14.2 Å². The standard InChI is InChI=1S/C12H27NO3/c1-12(2)13-6-4-5-7-15-10-11-16-9-8-14-3/h12-13H,4-11H2,1-3H3. The van der Waals surface area contributed by atoms with E-state index in [-0.39, 0.29) is 0 Å². The van der Waals surface area contributed by atoms with Crippen molar-refractivity contribution in [2.45, 2.75) is 32.7 Å². The summed E-state index contributed by atoms with van der Waals surface area (Å²) < 4.78 is 15.6. The highest BCUT2D eigenvalue weighted by Crippen LogP contribution is 1.90. The first-order chi connectivity index (χ1) is 7.77. The van der Waals surface area contributed by atoms with Gasteiger partial charge >= 0.3 is 0 Å². The molecule has 4 heteroatoms. The van der Waals surface area contributed by atoms with E-state index < -0.39 is 0 Å². The average Bonchev–Trinajstić information content (AvgIpc) is 2.25. The molecule has 0 saturated carbocycles. The maximum atomic E-state index is 5.43. The van der Waals surface area contributed by atoms with Crippen LogP contribution in [-0.4, -0.2) is 52.7 Å². The first-order valence-corrected chi connectivity index (χ1v) is 6.15. The number of nitrogens with one attached hydrogen (secondary N) is 1. The Kier molecular flexibility index (Phi) is 12.8. The number of ether oxygens (including phenoxy) is 3. The Hall–Kier alpha value is -0.160. The van der Waals surface area contributed by atoms with Crippen LogP contribution in [0.3, 0.4) is 0 Å². The van der Waals surface area contributed by atoms with Crippen molar-refractivity contribution in [2.24, 2.45) is 0 Å². The summed E-state index contributed by atoms with van der Waals surface area (Å²) >= 11 is 0. The van der Waals surface area contributed by atoms with E-state index in [0.29, 0.717) is 32.5 Å². The van der Waals surface area contributed by atoms with Crippen molar-refractivity contribution in [1.82, 2.24) is 5.32 Å². The maximum absolute atomic E-state index is 5.43. The van der Waals surface area contributed by atoms with Crippen molar-refractivity contribution >= 4 is 0 Å². The van der Waals surface area contributed by atoms with Crippen molar-refractivity contribution in [3.05, 3.63) is 0 Å². The summed E-state index contributed by atoms with van der Waals surface area (Å²) in [6.07, 6.45) is 2.28. The topological polar surface area (TPSA) is 39.7 Å². The number of methoxy groups -OCH3 is 1. The van der Waals surface area contributed by atoms with Crippen LogP contribution in [0.15, 0.2) is 0 Å². The molecular formula is C12H27NO3. The number of rotatable bonds is 12. The van der Waals surface area contributed by atoms with Crippen LogP contribution >= 0.6 is 0 Å². The van der Waals surface area contributed by atoms with E-state index in [4.69, 9.17) is 14.2 Å². The lowest BCUT2D eigenvalue weighted by atomic mass is 10.3. The van der Waals surface area contributed by atoms with Crippen LogP contribution in [0.1, 0.15) is 26.7 Å². The van der Waals surface area contributed by atoms with Gasteiger partial charge in [-0.05, 0) is 19.4 Å². The van der Waals surface area contributed by atoms with E-state index in [1.165, 1.54) is 6.42 Å². The molecule has 0 aromatic rings. The number of unbranched alkanes of at least 4 members (excludes halogenated alkanes) is 1. The Bertz CT molecular complexity index is 131. The summed E-state index contributed by atoms with van der Waals surface area (Å²) in [6, 6.07) is 0.579. The van der Waals surface area contributed by atoms with Crippen molar-refractivity contribution in [3.8, 4) is 0 Å². The van der Waals surface area contributed by atoms with Gasteiger partial charge in [-0.2, -0.15) is 0 Å². The molecule has 0 heterocycles. The van der Waals surface area contributed by atoms with Gasteiger partial charge in [0, 0.05) is 19.8 Å². The molecule has 0 atom stereocenters. The quantitative estimate of drug-likeness (QED) is 0.518.